The summed E-state index contributed by atoms with van der Waals surface area (Å²) in [6.45, 7) is 3.92. The highest BCUT2D eigenvalue weighted by Crippen LogP contribution is 2.43. The fraction of sp³-hybridized carbons (Fsp3) is 0.342. The van der Waals surface area contributed by atoms with Gasteiger partial charge in [0.1, 0.15) is 17.3 Å². The lowest BCUT2D eigenvalue weighted by Crippen LogP contribution is -2.11. The molecule has 260 valence electrons. The second-order valence-corrected chi connectivity index (χ2v) is 14.4. The molecule has 4 heterocycles. The third-order valence-electron chi connectivity index (χ3n) is 9.58. The Morgan fingerprint density at radius 2 is 1.90 bits per heavy atom. The van der Waals surface area contributed by atoms with Crippen molar-refractivity contribution in [3.8, 4) is 16.9 Å². The first-order valence-electron chi connectivity index (χ1n) is 16.9. The van der Waals surface area contributed by atoms with Crippen LogP contribution in [-0.4, -0.2) is 48.9 Å². The van der Waals surface area contributed by atoms with E-state index in [0.29, 0.717) is 42.5 Å². The summed E-state index contributed by atoms with van der Waals surface area (Å²) in [7, 11) is 5.64. The minimum absolute atomic E-state index is 0.245. The second kappa shape index (κ2) is 14.1. The third kappa shape index (κ3) is 6.38. The molecule has 0 aliphatic carbocycles. The van der Waals surface area contributed by atoms with Crippen LogP contribution in [0.2, 0.25) is 5.02 Å². The monoisotopic (exact) mass is 714 g/mol. The van der Waals surface area contributed by atoms with E-state index in [1.54, 1.807) is 29.4 Å². The Balaban J connectivity index is 1.15. The highest BCUT2D eigenvalue weighted by atomic mass is 35.5. The van der Waals surface area contributed by atoms with Crippen molar-refractivity contribution in [2.24, 2.45) is 14.1 Å². The predicted octanol–water partition coefficient (Wildman–Crippen LogP) is 8.09. The number of halogens is 2. The largest absolute Gasteiger partial charge is 0.493 e. The van der Waals surface area contributed by atoms with Gasteiger partial charge in [0.05, 0.1) is 28.5 Å². The molecule has 3 aromatic carbocycles. The van der Waals surface area contributed by atoms with E-state index in [9.17, 15) is 14.3 Å². The number of aromatic nitrogens is 5. The molecule has 6 aromatic rings. The third-order valence-corrected chi connectivity index (χ3v) is 10.9. The summed E-state index contributed by atoms with van der Waals surface area (Å²) in [6.07, 6.45) is 4.14. The summed E-state index contributed by atoms with van der Waals surface area (Å²) in [4.78, 5) is 13.7. The molecule has 2 N–H and O–H groups in total. The molecule has 0 atom stereocenters. The maximum absolute atomic E-state index is 14.3. The minimum Gasteiger partial charge on any atom is -0.493 e. The number of thioether (sulfide) groups is 1. The molecular weight excluding hydrogens is 675 g/mol. The van der Waals surface area contributed by atoms with Crippen molar-refractivity contribution >= 4 is 51.0 Å². The molecule has 9 nitrogen and oxygen atoms in total. The summed E-state index contributed by atoms with van der Waals surface area (Å²) >= 11 is 8.56. The standard InChI is InChI=1S/C38H40ClFN6O3S/c1-22-34(32-9-5-6-14-46(32)42-22)35-31(39)13-12-30-29(37(38(47)48)44(3)36(30)35)8-7-15-49-33-19-27(17-23-16-24(40)10-11-28(23)33)50-21-26-18-25(20-41-2)43-45(26)4/h10-13,16-19,41H,5-9,14-15,20-21H2,1-4H3,(H,47,48). The molecule has 1 aliphatic heterocycles. The number of hydrogen-bond acceptors (Lipinski definition) is 6. The Hall–Kier alpha value is -4.32. The number of aromatic carboxylic acids is 1. The van der Waals surface area contributed by atoms with Crippen molar-refractivity contribution in [3.05, 3.63) is 93.4 Å². The van der Waals surface area contributed by atoms with Crippen LogP contribution in [0.5, 0.6) is 5.75 Å². The zero-order valence-electron chi connectivity index (χ0n) is 28.6. The molecule has 0 bridgehead atoms. The lowest BCUT2D eigenvalue weighted by molar-refractivity contribution is 0.0685. The van der Waals surface area contributed by atoms with Gasteiger partial charge in [-0.15, -0.1) is 11.8 Å². The Bertz CT molecular complexity index is 2260. The lowest BCUT2D eigenvalue weighted by Gasteiger charge is -2.16. The molecule has 0 amide bonds. The van der Waals surface area contributed by atoms with Crippen molar-refractivity contribution < 1.29 is 19.0 Å². The van der Waals surface area contributed by atoms with E-state index >= 15 is 0 Å². The van der Waals surface area contributed by atoms with Gasteiger partial charge in [-0.2, -0.15) is 10.2 Å². The van der Waals surface area contributed by atoms with Crippen molar-refractivity contribution in [2.45, 2.75) is 62.8 Å². The Kier molecular flexibility index (Phi) is 9.65. The van der Waals surface area contributed by atoms with Crippen LogP contribution in [-0.2, 0) is 45.8 Å². The van der Waals surface area contributed by atoms with Crippen molar-refractivity contribution in [1.29, 1.82) is 0 Å². The molecule has 0 radical (unpaired) electrons. The summed E-state index contributed by atoms with van der Waals surface area (Å²) in [5, 5.41) is 26.0. The zero-order chi connectivity index (χ0) is 35.1. The van der Waals surface area contributed by atoms with E-state index in [0.717, 1.165) is 91.8 Å². The van der Waals surface area contributed by atoms with Crippen LogP contribution in [0.4, 0.5) is 4.39 Å². The summed E-state index contributed by atoms with van der Waals surface area (Å²) in [5.74, 6) is 0.0650. The number of nitrogens with one attached hydrogen (secondary N) is 1. The van der Waals surface area contributed by atoms with Crippen LogP contribution in [0, 0.1) is 12.7 Å². The molecule has 3 aromatic heterocycles. The fourth-order valence-corrected chi connectivity index (χ4v) is 8.59. The van der Waals surface area contributed by atoms with Gasteiger partial charge in [-0.05, 0) is 99.5 Å². The average molecular weight is 715 g/mol. The Morgan fingerprint density at radius 3 is 2.70 bits per heavy atom. The molecular formula is C38H40ClFN6O3S. The van der Waals surface area contributed by atoms with Crippen LogP contribution in [0.3, 0.4) is 0 Å². The average Bonchev–Trinajstić information content (AvgIpc) is 3.71. The molecule has 0 spiro atoms. The predicted molar refractivity (Wildman–Crippen MR) is 197 cm³/mol. The molecule has 50 heavy (non-hydrogen) atoms. The van der Waals surface area contributed by atoms with Gasteiger partial charge < -0.3 is 19.7 Å². The first kappa shape index (κ1) is 34.1. The van der Waals surface area contributed by atoms with E-state index in [1.165, 1.54) is 12.1 Å². The van der Waals surface area contributed by atoms with E-state index in [-0.39, 0.29) is 11.5 Å². The van der Waals surface area contributed by atoms with Crippen molar-refractivity contribution in [2.75, 3.05) is 13.7 Å². The van der Waals surface area contributed by atoms with Crippen molar-refractivity contribution in [1.82, 2.24) is 29.4 Å². The molecule has 0 unspecified atom stereocenters. The van der Waals surface area contributed by atoms with E-state index in [4.69, 9.17) is 21.4 Å². The summed E-state index contributed by atoms with van der Waals surface area (Å²) in [6, 6.07) is 14.6. The van der Waals surface area contributed by atoms with E-state index in [1.807, 2.05) is 50.0 Å². The van der Waals surface area contributed by atoms with Gasteiger partial charge in [0, 0.05) is 71.1 Å². The Morgan fingerprint density at radius 1 is 1.08 bits per heavy atom. The molecule has 1 aliphatic rings. The van der Waals surface area contributed by atoms with Crippen LogP contribution >= 0.6 is 23.4 Å². The van der Waals surface area contributed by atoms with Gasteiger partial charge in [0.15, 0.2) is 0 Å². The number of hydrogen-bond donors (Lipinski definition) is 2. The van der Waals surface area contributed by atoms with E-state index in [2.05, 4.69) is 21.2 Å². The highest BCUT2D eigenvalue weighted by Gasteiger charge is 2.28. The van der Waals surface area contributed by atoms with Gasteiger partial charge in [-0.1, -0.05) is 17.7 Å². The van der Waals surface area contributed by atoms with Gasteiger partial charge in [0.2, 0.25) is 0 Å². The van der Waals surface area contributed by atoms with Crippen LogP contribution in [0.15, 0.2) is 53.4 Å². The van der Waals surface area contributed by atoms with Crippen molar-refractivity contribution in [3.63, 3.8) is 0 Å². The van der Waals surface area contributed by atoms with Gasteiger partial charge in [-0.3, -0.25) is 9.36 Å². The molecule has 12 heteroatoms. The quantitative estimate of drug-likeness (QED) is 0.0977. The van der Waals surface area contributed by atoms with Gasteiger partial charge >= 0.3 is 5.97 Å². The number of fused-ring (bicyclic) bond motifs is 3. The SMILES string of the molecule is CNCc1cc(CSc2cc(OCCCc3c(C(=O)O)n(C)c4c(-c5c(C)nn6c5CCCC6)c(Cl)ccc34)c3ccc(F)cc3c2)n(C)n1. The number of aryl methyl sites for hydroxylation is 5. The minimum atomic E-state index is -0.986. The zero-order valence-corrected chi connectivity index (χ0v) is 30.2. The maximum Gasteiger partial charge on any atom is 0.352 e. The maximum atomic E-state index is 14.3. The van der Waals surface area contributed by atoms with Crippen LogP contribution < -0.4 is 10.1 Å². The summed E-state index contributed by atoms with van der Waals surface area (Å²) < 4.78 is 26.4. The fourth-order valence-electron chi connectivity index (χ4n) is 7.36. The second-order valence-electron chi connectivity index (χ2n) is 12.9. The number of nitrogens with zero attached hydrogens (tertiary/aromatic N) is 5. The number of carbonyl (C=O) groups is 1. The Labute approximate surface area is 299 Å². The first-order chi connectivity index (χ1) is 24.1. The summed E-state index contributed by atoms with van der Waals surface area (Å²) in [5.41, 5.74) is 7.76. The normalized spacial score (nSPS) is 13.0. The first-order valence-corrected chi connectivity index (χ1v) is 18.3. The smallest absolute Gasteiger partial charge is 0.352 e. The van der Waals surface area contributed by atoms with Gasteiger partial charge in [-0.25, -0.2) is 9.18 Å². The molecule has 0 saturated heterocycles. The number of carboxylic acids is 1. The number of carboxylic acid groups (broad SMARTS) is 1. The lowest BCUT2D eigenvalue weighted by atomic mass is 9.95. The van der Waals surface area contributed by atoms with Crippen LogP contribution in [0.25, 0.3) is 32.8 Å². The van der Waals surface area contributed by atoms with Crippen LogP contribution in [0.1, 0.15) is 58.1 Å². The van der Waals surface area contributed by atoms with E-state index < -0.39 is 5.97 Å². The topological polar surface area (TPSA) is 99.1 Å². The number of rotatable bonds is 12. The number of benzene rings is 3. The molecule has 7 rings (SSSR count). The van der Waals surface area contributed by atoms with Gasteiger partial charge in [0.25, 0.3) is 0 Å². The molecule has 0 fully saturated rings. The highest BCUT2D eigenvalue weighted by molar-refractivity contribution is 7.98. The number of ether oxygens (including phenoxy) is 1. The molecule has 0 saturated carbocycles.